The molecule has 0 saturated heterocycles. The van der Waals surface area contributed by atoms with Gasteiger partial charge in [0.25, 0.3) is 5.69 Å². The van der Waals surface area contributed by atoms with Gasteiger partial charge in [-0.1, -0.05) is 78.5 Å². The Labute approximate surface area is 267 Å². The minimum Gasteiger partial charge on any atom is -0.352 e. The number of anilines is 1. The summed E-state index contributed by atoms with van der Waals surface area (Å²) in [5, 5.41) is 15.1. The minimum atomic E-state index is -4.11. The number of hydrogen-bond acceptors (Lipinski definition) is 6. The summed E-state index contributed by atoms with van der Waals surface area (Å²) in [7, 11) is -4.11. The van der Waals surface area contributed by atoms with Gasteiger partial charge in [0.2, 0.25) is 21.8 Å². The fourth-order valence-electron chi connectivity index (χ4n) is 5.35. The standard InChI is InChI=1S/C31H34Cl2N4O6S/c1-21-15-16-24(37(40)41)18-28(21)36(44(2,42)43)20-30(38)35(19-25-26(32)13-8-14-27(25)33)29(17-22-9-4-3-5-10-22)31(39)34-23-11-6-7-12-23/h3-5,8-10,13-16,18,23,29H,6-7,11-12,17,19-20H2,1-2H3,(H,34,39)/t29-/m0/s1. The summed E-state index contributed by atoms with van der Waals surface area (Å²) in [6.07, 6.45) is 4.67. The first kappa shape index (κ1) is 33.2. The van der Waals surface area contributed by atoms with E-state index in [4.69, 9.17) is 23.2 Å². The Hall–Kier alpha value is -3.67. The fraction of sp³-hybridized carbons (Fsp3) is 0.355. The molecule has 0 bridgehead atoms. The molecule has 4 rings (SSSR count). The van der Waals surface area contributed by atoms with Crippen molar-refractivity contribution in [2.75, 3.05) is 17.1 Å². The molecule has 10 nitrogen and oxygen atoms in total. The van der Waals surface area contributed by atoms with Gasteiger partial charge in [-0.2, -0.15) is 0 Å². The van der Waals surface area contributed by atoms with Gasteiger partial charge < -0.3 is 10.2 Å². The third kappa shape index (κ3) is 8.28. The zero-order valence-corrected chi connectivity index (χ0v) is 26.7. The predicted octanol–water partition coefficient (Wildman–Crippen LogP) is 5.67. The number of nitrogens with zero attached hydrogens (tertiary/aromatic N) is 3. The maximum absolute atomic E-state index is 14.3. The number of carbonyl (C=O) groups excluding carboxylic acids is 2. The van der Waals surface area contributed by atoms with Gasteiger partial charge in [0, 0.05) is 46.7 Å². The summed E-state index contributed by atoms with van der Waals surface area (Å²) in [6, 6.07) is 16.8. The first-order valence-corrected chi connectivity index (χ1v) is 16.7. The van der Waals surface area contributed by atoms with E-state index >= 15 is 0 Å². The summed E-state index contributed by atoms with van der Waals surface area (Å²) in [5.41, 5.74) is 1.25. The second-order valence-corrected chi connectivity index (χ2v) is 13.6. The van der Waals surface area contributed by atoms with E-state index < -0.39 is 33.4 Å². The van der Waals surface area contributed by atoms with E-state index in [-0.39, 0.29) is 46.3 Å². The lowest BCUT2D eigenvalue weighted by Crippen LogP contribution is -2.54. The van der Waals surface area contributed by atoms with Gasteiger partial charge >= 0.3 is 0 Å². The van der Waals surface area contributed by atoms with Crippen LogP contribution in [-0.2, 0) is 32.6 Å². The van der Waals surface area contributed by atoms with Crippen LogP contribution in [0.5, 0.6) is 0 Å². The van der Waals surface area contributed by atoms with Gasteiger partial charge in [-0.05, 0) is 43.0 Å². The average molecular weight is 662 g/mol. The van der Waals surface area contributed by atoms with Crippen LogP contribution in [0.2, 0.25) is 10.0 Å². The second kappa shape index (κ2) is 14.4. The van der Waals surface area contributed by atoms with Crippen molar-refractivity contribution in [3.63, 3.8) is 0 Å². The van der Waals surface area contributed by atoms with Gasteiger partial charge in [0.1, 0.15) is 12.6 Å². The Bertz CT molecular complexity index is 1610. The third-order valence-electron chi connectivity index (χ3n) is 7.71. The SMILES string of the molecule is Cc1ccc([N+](=O)[O-])cc1N(CC(=O)N(Cc1c(Cl)cccc1Cl)[C@@H](Cc1ccccc1)C(=O)NC1CCCC1)S(C)(=O)=O. The number of nitro groups is 1. The molecule has 1 aliphatic carbocycles. The topological polar surface area (TPSA) is 130 Å². The monoisotopic (exact) mass is 660 g/mol. The Balaban J connectivity index is 1.80. The van der Waals surface area contributed by atoms with Crippen LogP contribution in [0.25, 0.3) is 0 Å². The Morgan fingerprint density at radius 3 is 2.25 bits per heavy atom. The molecule has 234 valence electrons. The van der Waals surface area contributed by atoms with Crippen molar-refractivity contribution in [2.24, 2.45) is 0 Å². The maximum Gasteiger partial charge on any atom is 0.271 e. The van der Waals surface area contributed by atoms with E-state index in [0.717, 1.165) is 47.9 Å². The molecule has 2 amide bonds. The molecule has 1 N–H and O–H groups in total. The van der Waals surface area contributed by atoms with E-state index in [1.807, 2.05) is 30.3 Å². The zero-order chi connectivity index (χ0) is 32.0. The summed E-state index contributed by atoms with van der Waals surface area (Å²) in [6.45, 7) is 0.694. The van der Waals surface area contributed by atoms with E-state index in [0.29, 0.717) is 11.1 Å². The molecular weight excluding hydrogens is 627 g/mol. The van der Waals surface area contributed by atoms with Crippen molar-refractivity contribution in [1.29, 1.82) is 0 Å². The summed E-state index contributed by atoms with van der Waals surface area (Å²) >= 11 is 13.0. The lowest BCUT2D eigenvalue weighted by Gasteiger charge is -2.34. The van der Waals surface area contributed by atoms with Gasteiger partial charge in [-0.3, -0.25) is 24.0 Å². The van der Waals surface area contributed by atoms with Crippen LogP contribution in [0.3, 0.4) is 0 Å². The number of nitro benzene ring substituents is 1. The number of benzene rings is 3. The quantitative estimate of drug-likeness (QED) is 0.197. The number of carbonyl (C=O) groups is 2. The van der Waals surface area contributed by atoms with Crippen molar-refractivity contribution >= 4 is 56.4 Å². The number of non-ortho nitro benzene ring substituents is 1. The van der Waals surface area contributed by atoms with Crippen LogP contribution in [-0.4, -0.2) is 54.9 Å². The number of amides is 2. The highest BCUT2D eigenvalue weighted by Crippen LogP contribution is 2.30. The third-order valence-corrected chi connectivity index (χ3v) is 9.55. The molecule has 0 heterocycles. The van der Waals surface area contributed by atoms with Crippen molar-refractivity contribution < 1.29 is 22.9 Å². The predicted molar refractivity (Wildman–Crippen MR) is 171 cm³/mol. The van der Waals surface area contributed by atoms with Crippen molar-refractivity contribution in [3.05, 3.63) is 104 Å². The van der Waals surface area contributed by atoms with Crippen LogP contribution in [0.15, 0.2) is 66.7 Å². The van der Waals surface area contributed by atoms with Crippen LogP contribution in [0, 0.1) is 17.0 Å². The Kier molecular flexibility index (Phi) is 10.9. The fourth-order valence-corrected chi connectivity index (χ4v) is 6.77. The zero-order valence-electron chi connectivity index (χ0n) is 24.4. The smallest absolute Gasteiger partial charge is 0.271 e. The lowest BCUT2D eigenvalue weighted by atomic mass is 10.0. The highest BCUT2D eigenvalue weighted by molar-refractivity contribution is 7.92. The molecule has 0 radical (unpaired) electrons. The summed E-state index contributed by atoms with van der Waals surface area (Å²) in [4.78, 5) is 40.5. The van der Waals surface area contributed by atoms with Crippen LogP contribution >= 0.6 is 23.2 Å². The van der Waals surface area contributed by atoms with Crippen molar-refractivity contribution in [3.8, 4) is 0 Å². The van der Waals surface area contributed by atoms with Gasteiger partial charge in [-0.25, -0.2) is 8.42 Å². The summed E-state index contributed by atoms with van der Waals surface area (Å²) < 4.78 is 27.0. The maximum atomic E-state index is 14.3. The molecule has 0 spiro atoms. The second-order valence-electron chi connectivity index (χ2n) is 10.9. The van der Waals surface area contributed by atoms with Crippen LogP contribution < -0.4 is 9.62 Å². The summed E-state index contributed by atoms with van der Waals surface area (Å²) in [5.74, 6) is -1.09. The van der Waals surface area contributed by atoms with Crippen LogP contribution in [0.1, 0.15) is 42.4 Å². The molecule has 0 unspecified atom stereocenters. The molecule has 0 aliphatic heterocycles. The molecule has 1 aliphatic rings. The highest BCUT2D eigenvalue weighted by Gasteiger charge is 2.35. The molecule has 13 heteroatoms. The Morgan fingerprint density at radius 1 is 1.02 bits per heavy atom. The molecule has 0 aromatic heterocycles. The molecule has 3 aromatic carbocycles. The van der Waals surface area contributed by atoms with Crippen LogP contribution in [0.4, 0.5) is 11.4 Å². The molecule has 1 atom stereocenters. The highest BCUT2D eigenvalue weighted by atomic mass is 35.5. The lowest BCUT2D eigenvalue weighted by molar-refractivity contribution is -0.384. The number of nitrogens with one attached hydrogen (secondary N) is 1. The van der Waals surface area contributed by atoms with Gasteiger partial charge in [0.15, 0.2) is 0 Å². The van der Waals surface area contributed by atoms with E-state index in [1.54, 1.807) is 25.1 Å². The molecular formula is C31H34Cl2N4O6S. The van der Waals surface area contributed by atoms with Crippen molar-refractivity contribution in [2.45, 2.75) is 57.7 Å². The van der Waals surface area contributed by atoms with Gasteiger partial charge in [-0.15, -0.1) is 0 Å². The number of halogens is 2. The largest absolute Gasteiger partial charge is 0.352 e. The molecule has 1 saturated carbocycles. The van der Waals surface area contributed by atoms with Crippen molar-refractivity contribution in [1.82, 2.24) is 10.2 Å². The van der Waals surface area contributed by atoms with E-state index in [1.165, 1.54) is 17.0 Å². The first-order chi connectivity index (χ1) is 20.8. The average Bonchev–Trinajstić information content (AvgIpc) is 3.48. The minimum absolute atomic E-state index is 0.0132. The molecule has 3 aromatic rings. The number of rotatable bonds is 12. The van der Waals surface area contributed by atoms with E-state index in [9.17, 15) is 28.1 Å². The first-order valence-electron chi connectivity index (χ1n) is 14.1. The van der Waals surface area contributed by atoms with Gasteiger partial charge in [0.05, 0.1) is 16.9 Å². The number of hydrogen-bond donors (Lipinski definition) is 1. The molecule has 1 fully saturated rings. The Morgan fingerprint density at radius 2 is 1.66 bits per heavy atom. The molecule has 44 heavy (non-hydrogen) atoms. The normalized spacial score (nSPS) is 14.2. The van der Waals surface area contributed by atoms with E-state index in [2.05, 4.69) is 5.32 Å². The number of aryl methyl sites for hydroxylation is 1. The number of sulfonamides is 1.